The number of carbonyl (C=O) groups is 1. The van der Waals surface area contributed by atoms with E-state index in [-0.39, 0.29) is 12.5 Å². The van der Waals surface area contributed by atoms with E-state index in [2.05, 4.69) is 5.32 Å². The van der Waals surface area contributed by atoms with E-state index in [1.807, 2.05) is 37.3 Å². The SMILES string of the molecule is CC(CCC(=O)O)Nc1ccccc1. The van der Waals surface area contributed by atoms with Gasteiger partial charge in [0, 0.05) is 18.2 Å². The minimum absolute atomic E-state index is 0.188. The van der Waals surface area contributed by atoms with Crippen molar-refractivity contribution in [2.24, 2.45) is 0 Å². The lowest BCUT2D eigenvalue weighted by Gasteiger charge is -2.13. The highest BCUT2D eigenvalue weighted by Crippen LogP contribution is 2.09. The summed E-state index contributed by atoms with van der Waals surface area (Å²) >= 11 is 0. The van der Waals surface area contributed by atoms with Crippen LogP contribution in [-0.2, 0) is 4.79 Å². The summed E-state index contributed by atoms with van der Waals surface area (Å²) in [5, 5.41) is 11.7. The molecule has 76 valence electrons. The molecule has 14 heavy (non-hydrogen) atoms. The third-order valence-electron chi connectivity index (χ3n) is 1.98. The number of aliphatic carboxylic acids is 1. The summed E-state index contributed by atoms with van der Waals surface area (Å²) in [4.78, 5) is 10.3. The zero-order valence-electron chi connectivity index (χ0n) is 8.23. The third kappa shape index (κ3) is 3.94. The largest absolute Gasteiger partial charge is 0.481 e. The predicted molar refractivity (Wildman–Crippen MR) is 56.4 cm³/mol. The zero-order valence-corrected chi connectivity index (χ0v) is 8.23. The molecule has 2 N–H and O–H groups in total. The van der Waals surface area contributed by atoms with Crippen molar-refractivity contribution in [2.75, 3.05) is 5.32 Å². The van der Waals surface area contributed by atoms with Crippen LogP contribution in [0, 0.1) is 0 Å². The number of hydrogen-bond donors (Lipinski definition) is 2. The zero-order chi connectivity index (χ0) is 10.4. The van der Waals surface area contributed by atoms with Gasteiger partial charge in [-0.25, -0.2) is 0 Å². The molecule has 0 aliphatic carbocycles. The normalized spacial score (nSPS) is 12.1. The Bertz CT molecular complexity index is 285. The fraction of sp³-hybridized carbons (Fsp3) is 0.364. The van der Waals surface area contributed by atoms with Gasteiger partial charge < -0.3 is 10.4 Å². The Morgan fingerprint density at radius 2 is 2.07 bits per heavy atom. The summed E-state index contributed by atoms with van der Waals surface area (Å²) in [7, 11) is 0. The number of nitrogens with one attached hydrogen (secondary N) is 1. The molecule has 0 radical (unpaired) electrons. The fourth-order valence-electron chi connectivity index (χ4n) is 1.23. The van der Waals surface area contributed by atoms with E-state index in [1.165, 1.54) is 0 Å². The molecular weight excluding hydrogens is 178 g/mol. The van der Waals surface area contributed by atoms with E-state index in [9.17, 15) is 4.79 Å². The first-order valence-corrected chi connectivity index (χ1v) is 4.72. The second-order valence-corrected chi connectivity index (χ2v) is 3.34. The number of para-hydroxylation sites is 1. The number of carboxylic acid groups (broad SMARTS) is 1. The molecule has 0 fully saturated rings. The average molecular weight is 193 g/mol. The molecular formula is C11H15NO2. The minimum atomic E-state index is -0.744. The Kier molecular flexibility index (Phi) is 3.98. The second kappa shape index (κ2) is 5.27. The molecule has 0 saturated carbocycles. The van der Waals surface area contributed by atoms with Crippen LogP contribution in [0.3, 0.4) is 0 Å². The van der Waals surface area contributed by atoms with Crippen molar-refractivity contribution in [1.29, 1.82) is 0 Å². The van der Waals surface area contributed by atoms with Crippen LogP contribution in [0.5, 0.6) is 0 Å². The van der Waals surface area contributed by atoms with Crippen LogP contribution in [0.2, 0.25) is 0 Å². The first kappa shape index (κ1) is 10.6. The van der Waals surface area contributed by atoms with E-state index < -0.39 is 5.97 Å². The smallest absolute Gasteiger partial charge is 0.303 e. The summed E-state index contributed by atoms with van der Waals surface area (Å²) in [5.74, 6) is -0.744. The van der Waals surface area contributed by atoms with Gasteiger partial charge in [0.2, 0.25) is 0 Å². The minimum Gasteiger partial charge on any atom is -0.481 e. The molecule has 0 bridgehead atoms. The Morgan fingerprint density at radius 1 is 1.43 bits per heavy atom. The van der Waals surface area contributed by atoms with Gasteiger partial charge in [-0.05, 0) is 25.5 Å². The van der Waals surface area contributed by atoms with Gasteiger partial charge in [-0.3, -0.25) is 4.79 Å². The maximum atomic E-state index is 10.3. The molecule has 3 heteroatoms. The van der Waals surface area contributed by atoms with E-state index in [1.54, 1.807) is 0 Å². The van der Waals surface area contributed by atoms with E-state index in [0.717, 1.165) is 5.69 Å². The molecule has 1 rings (SSSR count). The lowest BCUT2D eigenvalue weighted by atomic mass is 10.1. The van der Waals surface area contributed by atoms with Crippen molar-refractivity contribution in [1.82, 2.24) is 0 Å². The summed E-state index contributed by atoms with van der Waals surface area (Å²) < 4.78 is 0. The summed E-state index contributed by atoms with van der Waals surface area (Å²) in [6.45, 7) is 1.98. The Labute approximate surface area is 83.8 Å². The number of benzene rings is 1. The van der Waals surface area contributed by atoms with E-state index in [0.29, 0.717) is 6.42 Å². The quantitative estimate of drug-likeness (QED) is 0.754. The molecule has 1 unspecified atom stereocenters. The first-order chi connectivity index (χ1) is 6.68. The van der Waals surface area contributed by atoms with Crippen LogP contribution in [0.1, 0.15) is 19.8 Å². The predicted octanol–water partition coefficient (Wildman–Crippen LogP) is 2.35. The van der Waals surface area contributed by atoms with Crippen molar-refractivity contribution < 1.29 is 9.90 Å². The Morgan fingerprint density at radius 3 is 2.64 bits per heavy atom. The van der Waals surface area contributed by atoms with Crippen LogP contribution in [0.4, 0.5) is 5.69 Å². The lowest BCUT2D eigenvalue weighted by molar-refractivity contribution is -0.137. The molecule has 0 aliphatic heterocycles. The van der Waals surface area contributed by atoms with Crippen molar-refractivity contribution in [3.63, 3.8) is 0 Å². The Hall–Kier alpha value is -1.51. The van der Waals surface area contributed by atoms with Gasteiger partial charge in [-0.15, -0.1) is 0 Å². The molecule has 0 spiro atoms. The maximum Gasteiger partial charge on any atom is 0.303 e. The molecule has 1 aromatic carbocycles. The summed E-state index contributed by atoms with van der Waals surface area (Å²) in [5.41, 5.74) is 1.03. The van der Waals surface area contributed by atoms with Gasteiger partial charge >= 0.3 is 5.97 Å². The van der Waals surface area contributed by atoms with Crippen LogP contribution in [-0.4, -0.2) is 17.1 Å². The molecule has 0 amide bonds. The van der Waals surface area contributed by atoms with Crippen molar-refractivity contribution in [3.05, 3.63) is 30.3 Å². The number of rotatable bonds is 5. The molecule has 0 aromatic heterocycles. The lowest BCUT2D eigenvalue weighted by Crippen LogP contribution is -2.16. The maximum absolute atomic E-state index is 10.3. The van der Waals surface area contributed by atoms with E-state index in [4.69, 9.17) is 5.11 Å². The van der Waals surface area contributed by atoms with Gasteiger partial charge in [0.05, 0.1) is 0 Å². The highest BCUT2D eigenvalue weighted by Gasteiger charge is 2.04. The average Bonchev–Trinajstić information content (AvgIpc) is 2.16. The van der Waals surface area contributed by atoms with Crippen LogP contribution in [0.25, 0.3) is 0 Å². The second-order valence-electron chi connectivity index (χ2n) is 3.34. The molecule has 0 saturated heterocycles. The topological polar surface area (TPSA) is 49.3 Å². The van der Waals surface area contributed by atoms with Crippen molar-refractivity contribution in [2.45, 2.75) is 25.8 Å². The molecule has 1 aromatic rings. The number of hydrogen-bond acceptors (Lipinski definition) is 2. The van der Waals surface area contributed by atoms with Gasteiger partial charge in [0.1, 0.15) is 0 Å². The summed E-state index contributed by atoms with van der Waals surface area (Å²) in [6, 6.07) is 9.98. The van der Waals surface area contributed by atoms with Gasteiger partial charge in [0.15, 0.2) is 0 Å². The third-order valence-corrected chi connectivity index (χ3v) is 1.98. The van der Waals surface area contributed by atoms with Crippen molar-refractivity contribution >= 4 is 11.7 Å². The standard InChI is InChI=1S/C11H15NO2/c1-9(7-8-11(13)14)12-10-5-3-2-4-6-10/h2-6,9,12H,7-8H2,1H3,(H,13,14). The summed E-state index contributed by atoms with van der Waals surface area (Å²) in [6.07, 6.45) is 0.852. The first-order valence-electron chi connectivity index (χ1n) is 4.72. The Balaban J connectivity index is 2.34. The molecule has 0 heterocycles. The molecule has 1 atom stereocenters. The highest BCUT2D eigenvalue weighted by atomic mass is 16.4. The molecule has 0 aliphatic rings. The highest BCUT2D eigenvalue weighted by molar-refractivity contribution is 5.66. The van der Waals surface area contributed by atoms with Gasteiger partial charge in [-0.2, -0.15) is 0 Å². The van der Waals surface area contributed by atoms with Crippen LogP contribution in [0.15, 0.2) is 30.3 Å². The molecule has 3 nitrogen and oxygen atoms in total. The van der Waals surface area contributed by atoms with Crippen molar-refractivity contribution in [3.8, 4) is 0 Å². The number of carboxylic acids is 1. The van der Waals surface area contributed by atoms with Crippen LogP contribution >= 0.6 is 0 Å². The number of anilines is 1. The van der Waals surface area contributed by atoms with Gasteiger partial charge in [-0.1, -0.05) is 18.2 Å². The monoisotopic (exact) mass is 193 g/mol. The fourth-order valence-corrected chi connectivity index (χ4v) is 1.23. The van der Waals surface area contributed by atoms with E-state index >= 15 is 0 Å². The van der Waals surface area contributed by atoms with Gasteiger partial charge in [0.25, 0.3) is 0 Å². The van der Waals surface area contributed by atoms with Crippen LogP contribution < -0.4 is 5.32 Å².